The lowest BCUT2D eigenvalue weighted by Gasteiger charge is -2.26. The van der Waals surface area contributed by atoms with Gasteiger partial charge in [0.15, 0.2) is 4.96 Å². The Morgan fingerprint density at radius 3 is 2.93 bits per heavy atom. The molecule has 5 rings (SSSR count). The van der Waals surface area contributed by atoms with E-state index in [0.717, 1.165) is 24.2 Å². The number of amides is 1. The number of rotatable bonds is 4. The number of halogens is 1. The van der Waals surface area contributed by atoms with Crippen LogP contribution in [0.25, 0.3) is 16.2 Å². The maximum absolute atomic E-state index is 13.6. The number of nitrogens with zero attached hydrogens (tertiary/aromatic N) is 3. The van der Waals surface area contributed by atoms with Crippen molar-refractivity contribution < 1.29 is 13.9 Å². The van der Waals surface area contributed by atoms with Crippen molar-refractivity contribution in [2.24, 2.45) is 0 Å². The van der Waals surface area contributed by atoms with E-state index < -0.39 is 0 Å². The van der Waals surface area contributed by atoms with Crippen molar-refractivity contribution in [3.05, 3.63) is 77.2 Å². The van der Waals surface area contributed by atoms with Crippen LogP contribution in [-0.4, -0.2) is 33.8 Å². The molecule has 7 heteroatoms. The fourth-order valence-corrected chi connectivity index (χ4v) is 4.99. The Balaban J connectivity index is 1.50. The number of benzene rings is 2. The summed E-state index contributed by atoms with van der Waals surface area (Å²) in [5, 5.41) is 1.84. The summed E-state index contributed by atoms with van der Waals surface area (Å²) in [5.41, 5.74) is 2.95. The number of likely N-dealkylation sites (tertiary alicyclic amines) is 1. The fourth-order valence-electron chi connectivity index (χ4n) is 4.15. The van der Waals surface area contributed by atoms with Crippen LogP contribution < -0.4 is 4.74 Å². The molecule has 1 unspecified atom stereocenters. The molecule has 1 atom stereocenters. The van der Waals surface area contributed by atoms with Crippen LogP contribution in [0.4, 0.5) is 4.39 Å². The molecule has 5 nitrogen and oxygen atoms in total. The van der Waals surface area contributed by atoms with E-state index in [-0.39, 0.29) is 17.8 Å². The Hall–Kier alpha value is -3.19. The molecule has 1 amide bonds. The van der Waals surface area contributed by atoms with Crippen molar-refractivity contribution in [1.82, 2.24) is 14.3 Å². The van der Waals surface area contributed by atoms with Crippen LogP contribution in [0.2, 0.25) is 0 Å². The highest BCUT2D eigenvalue weighted by molar-refractivity contribution is 7.15. The molecule has 0 aliphatic carbocycles. The number of hydrogen-bond acceptors (Lipinski definition) is 4. The molecule has 2 aromatic heterocycles. The van der Waals surface area contributed by atoms with Gasteiger partial charge in [0.2, 0.25) is 0 Å². The lowest BCUT2D eigenvalue weighted by atomic mass is 10.0. The Kier molecular flexibility index (Phi) is 4.75. The molecule has 30 heavy (non-hydrogen) atoms. The molecule has 2 aromatic carbocycles. The topological polar surface area (TPSA) is 46.8 Å². The summed E-state index contributed by atoms with van der Waals surface area (Å²) >= 11 is 1.41. The van der Waals surface area contributed by atoms with E-state index in [1.54, 1.807) is 13.2 Å². The number of carbonyl (C=O) groups is 1. The van der Waals surface area contributed by atoms with Gasteiger partial charge in [-0.15, -0.1) is 11.3 Å². The number of ether oxygens (including phenoxy) is 1. The average Bonchev–Trinajstić information content (AvgIpc) is 3.48. The first-order valence-corrected chi connectivity index (χ1v) is 10.7. The standard InChI is InChI=1S/C23H20FN3O2S/c1-29-21-10-3-2-8-17(21)19-9-5-11-26(19)22(28)20-14-30-23-25-18(13-27(20)23)15-6-4-7-16(24)12-15/h2-4,6-8,10,12-14,19H,5,9,11H2,1H3. The van der Waals surface area contributed by atoms with Crippen molar-refractivity contribution in [2.75, 3.05) is 13.7 Å². The van der Waals surface area contributed by atoms with E-state index in [4.69, 9.17) is 4.74 Å². The fraction of sp³-hybridized carbons (Fsp3) is 0.217. The van der Waals surface area contributed by atoms with Gasteiger partial charge in [-0.3, -0.25) is 9.20 Å². The molecular formula is C23H20FN3O2S. The molecule has 1 saturated heterocycles. The zero-order valence-corrected chi connectivity index (χ0v) is 17.2. The van der Waals surface area contributed by atoms with Crippen LogP contribution in [0, 0.1) is 5.82 Å². The van der Waals surface area contributed by atoms with Crippen LogP contribution in [0.3, 0.4) is 0 Å². The largest absolute Gasteiger partial charge is 0.496 e. The van der Waals surface area contributed by atoms with Gasteiger partial charge in [-0.2, -0.15) is 0 Å². The number of imidazole rings is 1. The number of fused-ring (bicyclic) bond motifs is 1. The second kappa shape index (κ2) is 7.57. The minimum absolute atomic E-state index is 0.0187. The van der Waals surface area contributed by atoms with Crippen LogP contribution in [0.15, 0.2) is 60.1 Å². The van der Waals surface area contributed by atoms with Crippen molar-refractivity contribution in [3.8, 4) is 17.0 Å². The molecule has 0 saturated carbocycles. The average molecular weight is 421 g/mol. The zero-order valence-electron chi connectivity index (χ0n) is 16.4. The van der Waals surface area contributed by atoms with Gasteiger partial charge >= 0.3 is 0 Å². The summed E-state index contributed by atoms with van der Waals surface area (Å²) in [6.07, 6.45) is 3.65. The van der Waals surface area contributed by atoms with Gasteiger partial charge in [-0.05, 0) is 31.0 Å². The smallest absolute Gasteiger partial charge is 0.272 e. The predicted molar refractivity (Wildman–Crippen MR) is 114 cm³/mol. The van der Waals surface area contributed by atoms with Crippen LogP contribution in [-0.2, 0) is 0 Å². The zero-order chi connectivity index (χ0) is 20.7. The van der Waals surface area contributed by atoms with Crippen molar-refractivity contribution in [2.45, 2.75) is 18.9 Å². The quantitative estimate of drug-likeness (QED) is 0.456. The first-order chi connectivity index (χ1) is 14.7. The maximum atomic E-state index is 13.6. The number of thiazole rings is 1. The Morgan fingerprint density at radius 1 is 1.23 bits per heavy atom. The highest BCUT2D eigenvalue weighted by Gasteiger charge is 2.33. The van der Waals surface area contributed by atoms with Gasteiger partial charge in [0.1, 0.15) is 17.3 Å². The predicted octanol–water partition coefficient (Wildman–Crippen LogP) is 5.19. The normalized spacial score (nSPS) is 16.3. The molecule has 0 radical (unpaired) electrons. The van der Waals surface area contributed by atoms with Gasteiger partial charge in [0, 0.05) is 29.2 Å². The second-order valence-electron chi connectivity index (χ2n) is 7.31. The van der Waals surface area contributed by atoms with E-state index >= 15 is 0 Å². The Morgan fingerprint density at radius 2 is 2.10 bits per heavy atom. The first kappa shape index (κ1) is 18.8. The van der Waals surface area contributed by atoms with Crippen LogP contribution >= 0.6 is 11.3 Å². The van der Waals surface area contributed by atoms with Gasteiger partial charge in [0.25, 0.3) is 5.91 Å². The van der Waals surface area contributed by atoms with Crippen molar-refractivity contribution in [3.63, 3.8) is 0 Å². The van der Waals surface area contributed by atoms with Gasteiger partial charge in [0.05, 0.1) is 18.8 Å². The summed E-state index contributed by atoms with van der Waals surface area (Å²) in [6, 6.07) is 14.2. The lowest BCUT2D eigenvalue weighted by Crippen LogP contribution is -2.31. The monoisotopic (exact) mass is 421 g/mol. The van der Waals surface area contributed by atoms with Crippen LogP contribution in [0.5, 0.6) is 5.75 Å². The molecule has 152 valence electrons. The van der Waals surface area contributed by atoms with Gasteiger partial charge < -0.3 is 9.64 Å². The third kappa shape index (κ3) is 3.15. The summed E-state index contributed by atoms with van der Waals surface area (Å²) < 4.78 is 20.9. The highest BCUT2D eigenvalue weighted by Crippen LogP contribution is 2.38. The number of hydrogen-bond donors (Lipinski definition) is 0. The molecule has 0 spiro atoms. The summed E-state index contributed by atoms with van der Waals surface area (Å²) in [4.78, 5) is 20.7. The molecule has 1 aliphatic rings. The molecule has 0 N–H and O–H groups in total. The molecule has 3 heterocycles. The highest BCUT2D eigenvalue weighted by atomic mass is 32.1. The minimum atomic E-state index is -0.308. The van der Waals surface area contributed by atoms with E-state index in [9.17, 15) is 9.18 Å². The molecule has 4 aromatic rings. The van der Waals surface area contributed by atoms with E-state index in [0.29, 0.717) is 28.5 Å². The summed E-state index contributed by atoms with van der Waals surface area (Å²) in [7, 11) is 1.65. The number of carbonyl (C=O) groups excluding carboxylic acids is 1. The first-order valence-electron chi connectivity index (χ1n) is 9.82. The third-order valence-electron chi connectivity index (χ3n) is 5.56. The van der Waals surface area contributed by atoms with Gasteiger partial charge in [-0.25, -0.2) is 9.37 Å². The van der Waals surface area contributed by atoms with Gasteiger partial charge in [-0.1, -0.05) is 30.3 Å². The number of para-hydroxylation sites is 1. The maximum Gasteiger partial charge on any atom is 0.272 e. The summed E-state index contributed by atoms with van der Waals surface area (Å²) in [6.45, 7) is 0.699. The third-order valence-corrected chi connectivity index (χ3v) is 6.40. The van der Waals surface area contributed by atoms with E-state index in [2.05, 4.69) is 4.98 Å². The Bertz CT molecular complexity index is 1230. The molecular weight excluding hydrogens is 401 g/mol. The lowest BCUT2D eigenvalue weighted by molar-refractivity contribution is 0.0727. The number of aromatic nitrogens is 2. The van der Waals surface area contributed by atoms with E-state index in [1.165, 1.54) is 23.5 Å². The van der Waals surface area contributed by atoms with Crippen molar-refractivity contribution in [1.29, 1.82) is 0 Å². The Labute approximate surface area is 177 Å². The van der Waals surface area contributed by atoms with E-state index in [1.807, 2.05) is 51.2 Å². The summed E-state index contributed by atoms with van der Waals surface area (Å²) in [5.74, 6) is 0.461. The van der Waals surface area contributed by atoms with Crippen LogP contribution in [0.1, 0.15) is 34.9 Å². The SMILES string of the molecule is COc1ccccc1C1CCCN1C(=O)c1csc2nc(-c3cccc(F)c3)cn12. The molecule has 1 aliphatic heterocycles. The van der Waals surface area contributed by atoms with Crippen molar-refractivity contribution >= 4 is 22.2 Å². The molecule has 0 bridgehead atoms. The minimum Gasteiger partial charge on any atom is -0.496 e. The second-order valence-corrected chi connectivity index (χ2v) is 8.15. The molecule has 1 fully saturated rings. The number of methoxy groups -OCH3 is 1.